The van der Waals surface area contributed by atoms with Crippen molar-refractivity contribution in [2.75, 3.05) is 32.9 Å². The van der Waals surface area contributed by atoms with Crippen LogP contribution in [-0.4, -0.2) is 65.6 Å². The number of aliphatic carboxylic acids is 1. The van der Waals surface area contributed by atoms with E-state index in [0.29, 0.717) is 51.5 Å². The average Bonchev–Trinajstić information content (AvgIpc) is 2.89. The summed E-state index contributed by atoms with van der Waals surface area (Å²) in [6, 6.07) is -0.324. The number of likely N-dealkylation sites (tertiary alicyclic amines) is 1. The van der Waals surface area contributed by atoms with Crippen LogP contribution in [0.2, 0.25) is 0 Å². The summed E-state index contributed by atoms with van der Waals surface area (Å²) >= 11 is 0. The molecular weight excluding hydrogens is 264 g/mol. The maximum Gasteiger partial charge on any atom is 0.329 e. The quantitative estimate of drug-likeness (QED) is 0.677. The molecule has 2 aliphatic heterocycles. The van der Waals surface area contributed by atoms with Crippen molar-refractivity contribution in [3.63, 3.8) is 0 Å². The van der Waals surface area contributed by atoms with E-state index in [9.17, 15) is 14.7 Å². The lowest BCUT2D eigenvalue weighted by Crippen LogP contribution is -2.60. The molecule has 0 spiro atoms. The molecule has 2 rings (SSSR count). The van der Waals surface area contributed by atoms with E-state index >= 15 is 0 Å². The number of ether oxygens (including phenoxy) is 1. The van der Waals surface area contributed by atoms with E-state index in [2.05, 4.69) is 5.32 Å². The third-order valence-corrected chi connectivity index (χ3v) is 4.21. The predicted molar refractivity (Wildman–Crippen MR) is 70.3 cm³/mol. The summed E-state index contributed by atoms with van der Waals surface area (Å²) in [7, 11) is 0. The molecule has 0 aromatic rings. The van der Waals surface area contributed by atoms with Gasteiger partial charge in [-0.25, -0.2) is 9.59 Å². The fourth-order valence-corrected chi connectivity index (χ4v) is 2.83. The highest BCUT2D eigenvalue weighted by Gasteiger charge is 2.43. The molecule has 20 heavy (non-hydrogen) atoms. The number of carboxylic acid groups (broad SMARTS) is 1. The van der Waals surface area contributed by atoms with Crippen molar-refractivity contribution in [1.82, 2.24) is 10.2 Å². The van der Waals surface area contributed by atoms with E-state index in [-0.39, 0.29) is 12.6 Å². The molecule has 2 heterocycles. The molecule has 0 aromatic carbocycles. The third kappa shape index (κ3) is 3.21. The molecule has 7 heteroatoms. The van der Waals surface area contributed by atoms with E-state index in [1.807, 2.05) is 0 Å². The van der Waals surface area contributed by atoms with Gasteiger partial charge in [-0.2, -0.15) is 0 Å². The molecule has 1 atom stereocenters. The van der Waals surface area contributed by atoms with E-state index in [1.165, 1.54) is 0 Å². The molecular formula is C13H22N2O5. The smallest absolute Gasteiger partial charge is 0.329 e. The molecule has 3 N–H and O–H groups in total. The van der Waals surface area contributed by atoms with Crippen molar-refractivity contribution in [1.29, 1.82) is 0 Å². The lowest BCUT2D eigenvalue weighted by Gasteiger charge is -2.35. The number of nitrogens with one attached hydrogen (secondary N) is 1. The Balaban J connectivity index is 1.94. The second-order valence-corrected chi connectivity index (χ2v) is 5.54. The zero-order valence-corrected chi connectivity index (χ0v) is 11.5. The number of hydrogen-bond donors (Lipinski definition) is 3. The Morgan fingerprint density at radius 3 is 2.65 bits per heavy atom. The van der Waals surface area contributed by atoms with Crippen LogP contribution in [0.15, 0.2) is 0 Å². The fraction of sp³-hybridized carbons (Fsp3) is 0.846. The Morgan fingerprint density at radius 2 is 2.05 bits per heavy atom. The Kier molecular flexibility index (Phi) is 4.82. The zero-order chi connectivity index (χ0) is 14.6. The van der Waals surface area contributed by atoms with Crippen molar-refractivity contribution in [2.24, 2.45) is 5.92 Å². The first-order valence-corrected chi connectivity index (χ1v) is 7.06. The van der Waals surface area contributed by atoms with Gasteiger partial charge in [-0.15, -0.1) is 0 Å². The molecule has 2 saturated heterocycles. The highest BCUT2D eigenvalue weighted by Crippen LogP contribution is 2.24. The number of urea groups is 1. The normalized spacial score (nSPS) is 25.4. The molecule has 7 nitrogen and oxygen atoms in total. The number of rotatable bonds is 4. The molecule has 2 fully saturated rings. The predicted octanol–water partition coefficient (Wildman–Crippen LogP) is 0.0341. The van der Waals surface area contributed by atoms with Gasteiger partial charge in [0, 0.05) is 45.8 Å². The maximum atomic E-state index is 12.2. The molecule has 0 aliphatic carbocycles. The van der Waals surface area contributed by atoms with Crippen LogP contribution < -0.4 is 5.32 Å². The van der Waals surface area contributed by atoms with Crippen LogP contribution in [0.4, 0.5) is 4.79 Å². The monoisotopic (exact) mass is 286 g/mol. The lowest BCUT2D eigenvalue weighted by molar-refractivity contribution is -0.148. The van der Waals surface area contributed by atoms with E-state index < -0.39 is 11.5 Å². The Bertz CT molecular complexity index is 368. The molecule has 1 unspecified atom stereocenters. The van der Waals surface area contributed by atoms with Gasteiger partial charge in [0.05, 0.1) is 0 Å². The molecule has 0 bridgehead atoms. The first-order valence-electron chi connectivity index (χ1n) is 7.06. The number of nitrogens with zero attached hydrogens (tertiary/aromatic N) is 1. The van der Waals surface area contributed by atoms with Crippen molar-refractivity contribution < 1.29 is 24.5 Å². The summed E-state index contributed by atoms with van der Waals surface area (Å²) in [6.07, 6.45) is 2.13. The highest BCUT2D eigenvalue weighted by molar-refractivity contribution is 5.86. The number of carbonyl (C=O) groups is 2. The zero-order valence-electron chi connectivity index (χ0n) is 11.5. The molecule has 114 valence electrons. The van der Waals surface area contributed by atoms with Gasteiger partial charge in [0.15, 0.2) is 0 Å². The summed E-state index contributed by atoms with van der Waals surface area (Å²) in [6.45, 7) is 2.01. The van der Waals surface area contributed by atoms with E-state index in [1.54, 1.807) is 4.90 Å². The minimum atomic E-state index is -1.20. The van der Waals surface area contributed by atoms with Crippen LogP contribution in [0.1, 0.15) is 25.7 Å². The Morgan fingerprint density at radius 1 is 1.35 bits per heavy atom. The van der Waals surface area contributed by atoms with Gasteiger partial charge in [-0.05, 0) is 18.8 Å². The minimum Gasteiger partial charge on any atom is -0.480 e. The van der Waals surface area contributed by atoms with Crippen LogP contribution >= 0.6 is 0 Å². The van der Waals surface area contributed by atoms with Crippen molar-refractivity contribution >= 4 is 12.0 Å². The SMILES string of the molecule is O=C(NC1(C(=O)O)CCOCC1)N1CCC(CCO)C1. The van der Waals surface area contributed by atoms with Crippen LogP contribution in [0.3, 0.4) is 0 Å². The second kappa shape index (κ2) is 6.41. The van der Waals surface area contributed by atoms with Gasteiger partial charge >= 0.3 is 12.0 Å². The maximum absolute atomic E-state index is 12.2. The third-order valence-electron chi connectivity index (χ3n) is 4.21. The number of amides is 2. The van der Waals surface area contributed by atoms with E-state index in [0.717, 1.165) is 6.42 Å². The number of hydrogen-bond acceptors (Lipinski definition) is 4. The molecule has 0 radical (unpaired) electrons. The number of aliphatic hydroxyl groups excluding tert-OH is 1. The summed E-state index contributed by atoms with van der Waals surface area (Å²) in [5, 5.41) is 21.0. The van der Waals surface area contributed by atoms with Gasteiger partial charge < -0.3 is 25.2 Å². The fourth-order valence-electron chi connectivity index (χ4n) is 2.83. The van der Waals surface area contributed by atoms with Gasteiger partial charge in [0.2, 0.25) is 0 Å². The minimum absolute atomic E-state index is 0.122. The van der Waals surface area contributed by atoms with Crippen molar-refractivity contribution in [3.8, 4) is 0 Å². The van der Waals surface area contributed by atoms with Gasteiger partial charge in [-0.3, -0.25) is 0 Å². The first-order chi connectivity index (χ1) is 9.57. The van der Waals surface area contributed by atoms with Gasteiger partial charge in [-0.1, -0.05) is 0 Å². The molecule has 2 amide bonds. The summed E-state index contributed by atoms with van der Waals surface area (Å²) < 4.78 is 5.17. The number of carboxylic acids is 1. The molecule has 0 saturated carbocycles. The van der Waals surface area contributed by atoms with Crippen molar-refractivity contribution in [3.05, 3.63) is 0 Å². The largest absolute Gasteiger partial charge is 0.480 e. The summed E-state index contributed by atoms with van der Waals surface area (Å²) in [4.78, 5) is 25.3. The first kappa shape index (κ1) is 15.1. The standard InChI is InChI=1S/C13H22N2O5/c16-6-2-10-1-5-15(9-10)12(19)14-13(11(17)18)3-7-20-8-4-13/h10,16H,1-9H2,(H,14,19)(H,17,18). The lowest BCUT2D eigenvalue weighted by atomic mass is 9.90. The van der Waals surface area contributed by atoms with Crippen LogP contribution in [0.5, 0.6) is 0 Å². The van der Waals surface area contributed by atoms with Crippen LogP contribution in [0.25, 0.3) is 0 Å². The van der Waals surface area contributed by atoms with Gasteiger partial charge in [0.25, 0.3) is 0 Å². The van der Waals surface area contributed by atoms with Crippen LogP contribution in [0, 0.1) is 5.92 Å². The topological polar surface area (TPSA) is 99.1 Å². The highest BCUT2D eigenvalue weighted by atomic mass is 16.5. The van der Waals surface area contributed by atoms with Crippen LogP contribution in [-0.2, 0) is 9.53 Å². The summed E-state index contributed by atoms with van der Waals surface area (Å²) in [5.41, 5.74) is -1.20. The number of carbonyl (C=O) groups excluding carboxylic acids is 1. The molecule has 2 aliphatic rings. The molecule has 0 aromatic heterocycles. The second-order valence-electron chi connectivity index (χ2n) is 5.54. The average molecular weight is 286 g/mol. The number of aliphatic hydroxyl groups is 1. The Labute approximate surface area is 117 Å². The van der Waals surface area contributed by atoms with Crippen molar-refractivity contribution in [2.45, 2.75) is 31.2 Å². The van der Waals surface area contributed by atoms with Gasteiger partial charge in [0.1, 0.15) is 5.54 Å². The Hall–Kier alpha value is -1.34. The summed E-state index contributed by atoms with van der Waals surface area (Å²) in [5.74, 6) is -0.693. The van der Waals surface area contributed by atoms with E-state index in [4.69, 9.17) is 9.84 Å².